The molecule has 3 aromatic rings. The van der Waals surface area contributed by atoms with Crippen molar-refractivity contribution in [3.05, 3.63) is 76.3 Å². The van der Waals surface area contributed by atoms with Crippen LogP contribution in [-0.2, 0) is 6.61 Å². The minimum atomic E-state index is 0.418. The molecule has 0 saturated carbocycles. The molecular formula is C17H14Cl2N2O. The second kappa shape index (κ2) is 6.42. The maximum atomic E-state index is 6.03. The van der Waals surface area contributed by atoms with Crippen molar-refractivity contribution in [2.24, 2.45) is 0 Å². The highest BCUT2D eigenvalue weighted by atomic mass is 35.5. The number of aromatic nitrogens is 2. The first-order valence-corrected chi connectivity index (χ1v) is 7.55. The van der Waals surface area contributed by atoms with Gasteiger partial charge in [-0.1, -0.05) is 35.3 Å². The van der Waals surface area contributed by atoms with E-state index in [1.807, 2.05) is 42.0 Å². The van der Waals surface area contributed by atoms with E-state index < -0.39 is 0 Å². The molecule has 0 fully saturated rings. The van der Waals surface area contributed by atoms with Crippen molar-refractivity contribution in [3.8, 4) is 11.4 Å². The standard InChI is InChI=1S/C17H14Cl2N2O/c1-12-2-5-17(16(8-12)21-7-6-20-11-21)22-10-13-3-4-14(18)15(19)9-13/h2-9,11H,10H2,1H3. The minimum absolute atomic E-state index is 0.418. The summed E-state index contributed by atoms with van der Waals surface area (Å²) in [6.45, 7) is 2.46. The largest absolute Gasteiger partial charge is 0.487 e. The summed E-state index contributed by atoms with van der Waals surface area (Å²) in [5, 5.41) is 1.07. The Hall–Kier alpha value is -1.97. The number of halogens is 2. The Morgan fingerprint density at radius 2 is 1.95 bits per heavy atom. The Bertz CT molecular complexity index is 785. The quantitative estimate of drug-likeness (QED) is 0.667. The number of hydrogen-bond donors (Lipinski definition) is 0. The van der Waals surface area contributed by atoms with Crippen LogP contribution >= 0.6 is 23.2 Å². The second-order valence-electron chi connectivity index (χ2n) is 4.98. The van der Waals surface area contributed by atoms with Gasteiger partial charge in [-0.05, 0) is 42.3 Å². The molecule has 0 spiro atoms. The topological polar surface area (TPSA) is 27.1 Å². The SMILES string of the molecule is Cc1ccc(OCc2ccc(Cl)c(Cl)c2)c(-n2ccnc2)c1. The van der Waals surface area contributed by atoms with E-state index in [2.05, 4.69) is 11.1 Å². The van der Waals surface area contributed by atoms with E-state index in [4.69, 9.17) is 27.9 Å². The molecule has 0 unspecified atom stereocenters. The van der Waals surface area contributed by atoms with E-state index >= 15 is 0 Å². The van der Waals surface area contributed by atoms with E-state index in [0.717, 1.165) is 22.6 Å². The van der Waals surface area contributed by atoms with Crippen LogP contribution in [0.2, 0.25) is 10.0 Å². The van der Waals surface area contributed by atoms with Gasteiger partial charge in [0.1, 0.15) is 12.4 Å². The van der Waals surface area contributed by atoms with Crippen molar-refractivity contribution in [1.29, 1.82) is 0 Å². The van der Waals surface area contributed by atoms with E-state index in [-0.39, 0.29) is 0 Å². The van der Waals surface area contributed by atoms with Crippen LogP contribution in [0.15, 0.2) is 55.1 Å². The summed E-state index contributed by atoms with van der Waals surface area (Å²) in [7, 11) is 0. The number of rotatable bonds is 4. The molecule has 0 amide bonds. The fourth-order valence-electron chi connectivity index (χ4n) is 2.14. The normalized spacial score (nSPS) is 10.7. The third-order valence-corrected chi connectivity index (χ3v) is 4.01. The van der Waals surface area contributed by atoms with Crippen LogP contribution in [0.4, 0.5) is 0 Å². The van der Waals surface area contributed by atoms with Gasteiger partial charge in [0, 0.05) is 12.4 Å². The maximum absolute atomic E-state index is 6.03. The molecule has 1 heterocycles. The van der Waals surface area contributed by atoms with Gasteiger partial charge in [0.2, 0.25) is 0 Å². The molecule has 0 aliphatic heterocycles. The van der Waals surface area contributed by atoms with Gasteiger partial charge < -0.3 is 9.30 Å². The number of hydrogen-bond acceptors (Lipinski definition) is 2. The Labute approximate surface area is 139 Å². The van der Waals surface area contributed by atoms with Crippen molar-refractivity contribution in [1.82, 2.24) is 9.55 Å². The molecule has 112 valence electrons. The summed E-state index contributed by atoms with van der Waals surface area (Å²) >= 11 is 12.0. The van der Waals surface area contributed by atoms with Crippen LogP contribution in [0.1, 0.15) is 11.1 Å². The van der Waals surface area contributed by atoms with Gasteiger partial charge in [-0.25, -0.2) is 4.98 Å². The van der Waals surface area contributed by atoms with E-state index in [1.165, 1.54) is 0 Å². The molecule has 0 N–H and O–H groups in total. The van der Waals surface area contributed by atoms with Crippen LogP contribution in [0.5, 0.6) is 5.75 Å². The molecule has 2 aromatic carbocycles. The van der Waals surface area contributed by atoms with Crippen LogP contribution in [0, 0.1) is 6.92 Å². The molecule has 0 atom stereocenters. The molecule has 3 rings (SSSR count). The van der Waals surface area contributed by atoms with E-state index in [9.17, 15) is 0 Å². The summed E-state index contributed by atoms with van der Waals surface area (Å²) in [5.41, 5.74) is 3.08. The average Bonchev–Trinajstić information content (AvgIpc) is 3.03. The Morgan fingerprint density at radius 1 is 1.09 bits per heavy atom. The molecule has 0 aliphatic carbocycles. The summed E-state index contributed by atoms with van der Waals surface area (Å²) in [5.74, 6) is 0.787. The van der Waals surface area contributed by atoms with Crippen LogP contribution in [0.3, 0.4) is 0 Å². The lowest BCUT2D eigenvalue weighted by atomic mass is 10.2. The number of ether oxygens (including phenoxy) is 1. The van der Waals surface area contributed by atoms with Crippen LogP contribution in [-0.4, -0.2) is 9.55 Å². The molecule has 0 bridgehead atoms. The number of benzene rings is 2. The van der Waals surface area contributed by atoms with E-state index in [0.29, 0.717) is 16.7 Å². The highest BCUT2D eigenvalue weighted by molar-refractivity contribution is 6.42. The zero-order valence-corrected chi connectivity index (χ0v) is 13.5. The predicted octanol–water partition coefficient (Wildman–Crippen LogP) is 5.07. The summed E-state index contributed by atoms with van der Waals surface area (Å²) < 4.78 is 7.87. The fourth-order valence-corrected chi connectivity index (χ4v) is 2.46. The Kier molecular flexibility index (Phi) is 4.36. The van der Waals surface area contributed by atoms with Gasteiger partial charge in [0.25, 0.3) is 0 Å². The Balaban J connectivity index is 1.84. The lowest BCUT2D eigenvalue weighted by Crippen LogP contribution is -2.01. The molecule has 3 nitrogen and oxygen atoms in total. The van der Waals surface area contributed by atoms with E-state index in [1.54, 1.807) is 18.6 Å². The van der Waals surface area contributed by atoms with Crippen molar-refractivity contribution < 1.29 is 4.74 Å². The number of nitrogens with zero attached hydrogens (tertiary/aromatic N) is 2. The first-order valence-electron chi connectivity index (χ1n) is 6.79. The highest BCUT2D eigenvalue weighted by Gasteiger charge is 2.07. The molecule has 0 radical (unpaired) electrons. The number of imidazole rings is 1. The average molecular weight is 333 g/mol. The second-order valence-corrected chi connectivity index (χ2v) is 5.79. The molecule has 22 heavy (non-hydrogen) atoms. The minimum Gasteiger partial charge on any atom is -0.487 e. The van der Waals surface area contributed by atoms with Crippen molar-refractivity contribution in [2.75, 3.05) is 0 Å². The zero-order chi connectivity index (χ0) is 15.5. The van der Waals surface area contributed by atoms with Crippen LogP contribution < -0.4 is 4.74 Å². The van der Waals surface area contributed by atoms with Gasteiger partial charge in [-0.2, -0.15) is 0 Å². The maximum Gasteiger partial charge on any atom is 0.143 e. The fraction of sp³-hybridized carbons (Fsp3) is 0.118. The number of aryl methyl sites for hydroxylation is 1. The van der Waals surface area contributed by atoms with Crippen molar-refractivity contribution in [3.63, 3.8) is 0 Å². The lowest BCUT2D eigenvalue weighted by Gasteiger charge is -2.13. The van der Waals surface area contributed by atoms with Crippen LogP contribution in [0.25, 0.3) is 5.69 Å². The third kappa shape index (κ3) is 3.26. The molecule has 1 aromatic heterocycles. The van der Waals surface area contributed by atoms with Gasteiger partial charge in [0.05, 0.1) is 22.1 Å². The molecule has 0 saturated heterocycles. The van der Waals surface area contributed by atoms with Gasteiger partial charge in [0.15, 0.2) is 0 Å². The smallest absolute Gasteiger partial charge is 0.143 e. The van der Waals surface area contributed by atoms with Gasteiger partial charge >= 0.3 is 0 Å². The highest BCUT2D eigenvalue weighted by Crippen LogP contribution is 2.27. The monoisotopic (exact) mass is 332 g/mol. The Morgan fingerprint density at radius 3 is 2.68 bits per heavy atom. The predicted molar refractivity (Wildman–Crippen MR) is 89.1 cm³/mol. The molecular weight excluding hydrogens is 319 g/mol. The summed E-state index contributed by atoms with van der Waals surface area (Å²) in [6, 6.07) is 11.5. The lowest BCUT2D eigenvalue weighted by molar-refractivity contribution is 0.305. The summed E-state index contributed by atoms with van der Waals surface area (Å²) in [4.78, 5) is 4.08. The summed E-state index contributed by atoms with van der Waals surface area (Å²) in [6.07, 6.45) is 5.38. The first kappa shape index (κ1) is 14.9. The van der Waals surface area contributed by atoms with Gasteiger partial charge in [-0.3, -0.25) is 0 Å². The third-order valence-electron chi connectivity index (χ3n) is 3.28. The van der Waals surface area contributed by atoms with Crippen molar-refractivity contribution in [2.45, 2.75) is 13.5 Å². The van der Waals surface area contributed by atoms with Gasteiger partial charge in [-0.15, -0.1) is 0 Å². The van der Waals surface area contributed by atoms with Crippen molar-refractivity contribution >= 4 is 23.2 Å². The zero-order valence-electron chi connectivity index (χ0n) is 12.0. The molecule has 5 heteroatoms. The molecule has 0 aliphatic rings. The first-order chi connectivity index (χ1) is 10.6.